The maximum Gasteiger partial charge on any atom is 0.322 e. The first-order valence-corrected chi connectivity index (χ1v) is 20.8. The molecule has 2 saturated heterocycles. The van der Waals surface area contributed by atoms with Crippen molar-refractivity contribution in [3.8, 4) is 0 Å². The Hall–Kier alpha value is -5.87. The zero-order chi connectivity index (χ0) is 47.0. The summed E-state index contributed by atoms with van der Waals surface area (Å²) in [5, 5.41) is 35.1. The summed E-state index contributed by atoms with van der Waals surface area (Å²) >= 11 is 0. The Morgan fingerprint density at radius 2 is 1.05 bits per heavy atom. The minimum atomic E-state index is -1.67. The third kappa shape index (κ3) is 16.5. The van der Waals surface area contributed by atoms with Gasteiger partial charge in [0.25, 0.3) is 0 Å². The monoisotopic (exact) mass is 880 g/mol. The fourth-order valence-corrected chi connectivity index (χ4v) is 7.01. The van der Waals surface area contributed by atoms with Gasteiger partial charge in [-0.3, -0.25) is 52.7 Å². The lowest BCUT2D eigenvalue weighted by atomic mass is 10.0. The molecular formula is C39H64N10O13. The molecule has 8 atom stereocenters. The van der Waals surface area contributed by atoms with Crippen LogP contribution in [-0.2, 0) is 52.7 Å². The Kier molecular flexibility index (Phi) is 20.7. The molecule has 0 spiro atoms. The van der Waals surface area contributed by atoms with Gasteiger partial charge in [-0.05, 0) is 71.1 Å². The van der Waals surface area contributed by atoms with Crippen molar-refractivity contribution in [1.82, 2.24) is 47.0 Å². The van der Waals surface area contributed by atoms with Gasteiger partial charge in [-0.2, -0.15) is 0 Å². The molecule has 348 valence electrons. The number of nitrogens with two attached hydrogens (primary N) is 1. The standard InChI is InChI=1S/C39H64N10O13/c1-19(2)14-24(45-37(60)28-11-9-13-49(28)39(62)26(15-20(3)4)47-32(55)21(5)40)34(57)41-17-29(50)43-23(7)38(61)48-12-8-10-27(48)36(59)46-25(16-30(51)52)35(58)44-22(6)33(56)42-18-31(53)54/h19-28H,8-18,40H2,1-7H3,(H,41,57)(H,42,56)(H,43,50)(H,44,58)(H,45,60)(H,46,59)(H,47,55)(H,51,52)(H,53,54)/t21-,22-,23-,24-,25-,26-,27-,28-/m0/s1. The average Bonchev–Trinajstić information content (AvgIpc) is 3.88. The number of hydrogen-bond donors (Lipinski definition) is 10. The lowest BCUT2D eigenvalue weighted by Gasteiger charge is -2.31. The first kappa shape index (κ1) is 52.3. The zero-order valence-electron chi connectivity index (χ0n) is 36.4. The minimum Gasteiger partial charge on any atom is -0.481 e. The van der Waals surface area contributed by atoms with Crippen LogP contribution >= 0.6 is 0 Å². The van der Waals surface area contributed by atoms with Crippen LogP contribution in [0.25, 0.3) is 0 Å². The third-order valence-electron chi connectivity index (χ3n) is 10.1. The Labute approximate surface area is 360 Å². The summed E-state index contributed by atoms with van der Waals surface area (Å²) in [6.07, 6.45) is 0.963. The molecule has 2 aliphatic rings. The van der Waals surface area contributed by atoms with Crippen LogP contribution in [-0.4, -0.2) is 160 Å². The van der Waals surface area contributed by atoms with Gasteiger partial charge in [0.15, 0.2) is 0 Å². The molecule has 0 aliphatic carbocycles. The molecule has 11 N–H and O–H groups in total. The number of nitrogens with one attached hydrogen (secondary N) is 7. The number of nitrogens with zero attached hydrogens (tertiary/aromatic N) is 2. The molecule has 2 aliphatic heterocycles. The summed E-state index contributed by atoms with van der Waals surface area (Å²) in [7, 11) is 0. The number of rotatable bonds is 23. The number of amides is 9. The number of carboxylic acid groups (broad SMARTS) is 2. The van der Waals surface area contributed by atoms with Gasteiger partial charge >= 0.3 is 11.9 Å². The van der Waals surface area contributed by atoms with Crippen molar-refractivity contribution in [2.24, 2.45) is 17.6 Å². The molecule has 9 amide bonds. The average molecular weight is 881 g/mol. The lowest BCUT2D eigenvalue weighted by molar-refractivity contribution is -0.144. The zero-order valence-corrected chi connectivity index (χ0v) is 36.4. The number of carbonyl (C=O) groups is 11. The van der Waals surface area contributed by atoms with Crippen LogP contribution in [0.2, 0.25) is 0 Å². The number of likely N-dealkylation sites (tertiary alicyclic amines) is 2. The summed E-state index contributed by atoms with van der Waals surface area (Å²) in [5.74, 6) is -9.27. The molecule has 62 heavy (non-hydrogen) atoms. The summed E-state index contributed by atoms with van der Waals surface area (Å²) in [6, 6.07) is -9.07. The van der Waals surface area contributed by atoms with Crippen LogP contribution in [0.1, 0.15) is 93.4 Å². The quantitative estimate of drug-likeness (QED) is 0.0480. The van der Waals surface area contributed by atoms with Gasteiger partial charge in [-0.25, -0.2) is 0 Å². The molecule has 2 fully saturated rings. The van der Waals surface area contributed by atoms with Gasteiger partial charge < -0.3 is 63.0 Å². The van der Waals surface area contributed by atoms with E-state index in [1.54, 1.807) is 0 Å². The van der Waals surface area contributed by atoms with E-state index in [-0.39, 0.29) is 37.8 Å². The second-order valence-electron chi connectivity index (χ2n) is 16.6. The second-order valence-corrected chi connectivity index (χ2v) is 16.6. The van der Waals surface area contributed by atoms with Crippen molar-refractivity contribution in [1.29, 1.82) is 0 Å². The van der Waals surface area contributed by atoms with Crippen molar-refractivity contribution in [3.05, 3.63) is 0 Å². The van der Waals surface area contributed by atoms with Crippen LogP contribution in [0.5, 0.6) is 0 Å². The molecular weight excluding hydrogens is 816 g/mol. The Morgan fingerprint density at radius 1 is 0.548 bits per heavy atom. The largest absolute Gasteiger partial charge is 0.481 e. The van der Waals surface area contributed by atoms with Gasteiger partial charge in [0, 0.05) is 13.1 Å². The topological polar surface area (TPSA) is 345 Å². The fraction of sp³-hybridized carbons (Fsp3) is 0.718. The molecule has 2 heterocycles. The molecule has 0 saturated carbocycles. The van der Waals surface area contributed by atoms with Crippen LogP contribution in [0.3, 0.4) is 0 Å². The smallest absolute Gasteiger partial charge is 0.322 e. The Bertz CT molecular complexity index is 1690. The molecule has 23 heteroatoms. The van der Waals surface area contributed by atoms with Crippen molar-refractivity contribution >= 4 is 65.1 Å². The summed E-state index contributed by atoms with van der Waals surface area (Å²) in [5.41, 5.74) is 5.71. The molecule has 0 aromatic heterocycles. The Morgan fingerprint density at radius 3 is 1.55 bits per heavy atom. The summed E-state index contributed by atoms with van der Waals surface area (Å²) in [4.78, 5) is 143. The van der Waals surface area contributed by atoms with E-state index in [2.05, 4.69) is 37.2 Å². The van der Waals surface area contributed by atoms with Crippen molar-refractivity contribution < 1.29 is 63.0 Å². The van der Waals surface area contributed by atoms with E-state index in [9.17, 15) is 57.8 Å². The van der Waals surface area contributed by atoms with Crippen molar-refractivity contribution in [2.45, 2.75) is 142 Å². The van der Waals surface area contributed by atoms with Crippen molar-refractivity contribution in [2.75, 3.05) is 26.2 Å². The number of aliphatic carboxylic acids is 2. The molecule has 0 aromatic carbocycles. The van der Waals surface area contributed by atoms with Gasteiger partial charge in [-0.1, -0.05) is 27.7 Å². The third-order valence-corrected chi connectivity index (χ3v) is 10.1. The van der Waals surface area contributed by atoms with E-state index in [0.717, 1.165) is 0 Å². The predicted octanol–water partition coefficient (Wildman–Crippen LogP) is -3.34. The second kappa shape index (κ2) is 24.5. The van der Waals surface area contributed by atoms with Gasteiger partial charge in [0.2, 0.25) is 53.2 Å². The predicted molar refractivity (Wildman–Crippen MR) is 219 cm³/mol. The molecule has 0 bridgehead atoms. The minimum absolute atomic E-state index is 0.0363. The molecule has 0 radical (unpaired) electrons. The highest BCUT2D eigenvalue weighted by molar-refractivity contribution is 5.98. The first-order chi connectivity index (χ1) is 28.9. The van der Waals surface area contributed by atoms with E-state index in [4.69, 9.17) is 10.8 Å². The van der Waals surface area contributed by atoms with Crippen LogP contribution in [0, 0.1) is 11.8 Å². The highest BCUT2D eigenvalue weighted by Crippen LogP contribution is 2.22. The van der Waals surface area contributed by atoms with Crippen LogP contribution < -0.4 is 43.0 Å². The molecule has 0 unspecified atom stereocenters. The van der Waals surface area contributed by atoms with E-state index >= 15 is 0 Å². The normalized spacial score (nSPS) is 18.9. The first-order valence-electron chi connectivity index (χ1n) is 20.8. The Balaban J connectivity index is 2.04. The maximum absolute atomic E-state index is 13.6. The molecule has 2 rings (SSSR count). The highest BCUT2D eigenvalue weighted by atomic mass is 16.4. The number of carbonyl (C=O) groups excluding carboxylic acids is 9. The van der Waals surface area contributed by atoms with Gasteiger partial charge in [-0.15, -0.1) is 0 Å². The van der Waals surface area contributed by atoms with E-state index in [1.807, 2.05) is 27.7 Å². The summed E-state index contributed by atoms with van der Waals surface area (Å²) in [6.45, 7) is 10.6. The SMILES string of the molecule is CC(C)C[C@H](NC(=O)[C@@H]1CCCN1C(=O)[C@H](CC(C)C)NC(=O)[C@H](C)N)C(=O)NCC(=O)N[C@@H](C)C(=O)N1CCC[C@H]1C(=O)N[C@@H](CC(=O)O)C(=O)N[C@@H](C)C(=O)NCC(=O)O. The highest BCUT2D eigenvalue weighted by Gasteiger charge is 2.41. The number of hydrogen-bond acceptors (Lipinski definition) is 12. The lowest BCUT2D eigenvalue weighted by Crippen LogP contribution is -2.58. The van der Waals surface area contributed by atoms with Crippen LogP contribution in [0.15, 0.2) is 0 Å². The van der Waals surface area contributed by atoms with E-state index in [0.29, 0.717) is 25.7 Å². The van der Waals surface area contributed by atoms with Gasteiger partial charge in [0.1, 0.15) is 48.8 Å². The molecule has 23 nitrogen and oxygen atoms in total. The van der Waals surface area contributed by atoms with E-state index < -0.39 is 133 Å². The maximum atomic E-state index is 13.6. The van der Waals surface area contributed by atoms with Gasteiger partial charge in [0.05, 0.1) is 19.0 Å². The molecule has 0 aromatic rings. The van der Waals surface area contributed by atoms with Crippen LogP contribution in [0.4, 0.5) is 0 Å². The fourth-order valence-electron chi connectivity index (χ4n) is 7.01. The van der Waals surface area contributed by atoms with Crippen molar-refractivity contribution in [3.63, 3.8) is 0 Å². The number of carboxylic acids is 2. The summed E-state index contributed by atoms with van der Waals surface area (Å²) < 4.78 is 0. The van der Waals surface area contributed by atoms with E-state index in [1.165, 1.54) is 30.6 Å².